The Kier molecular flexibility index (Phi) is 6.83. The van der Waals surface area contributed by atoms with Gasteiger partial charge in [0.15, 0.2) is 0 Å². The van der Waals surface area contributed by atoms with E-state index < -0.39 is 0 Å². The molecule has 3 rings (SSSR count). The van der Waals surface area contributed by atoms with E-state index in [1.54, 1.807) is 11.2 Å². The SMILES string of the molecule is CCN(CCc1ccccc1)CC(=O)N(Cc1ccco1)c1ccccc1. The zero-order chi connectivity index (χ0) is 18.9. The second kappa shape index (κ2) is 9.74. The molecule has 4 heteroatoms. The van der Waals surface area contributed by atoms with Crippen LogP contribution in [-0.2, 0) is 17.8 Å². The molecule has 27 heavy (non-hydrogen) atoms. The lowest BCUT2D eigenvalue weighted by molar-refractivity contribution is -0.119. The largest absolute Gasteiger partial charge is 0.467 e. The van der Waals surface area contributed by atoms with Crippen molar-refractivity contribution >= 4 is 11.6 Å². The van der Waals surface area contributed by atoms with E-state index >= 15 is 0 Å². The third kappa shape index (κ3) is 5.56. The number of carbonyl (C=O) groups is 1. The van der Waals surface area contributed by atoms with E-state index in [1.165, 1.54) is 5.56 Å². The van der Waals surface area contributed by atoms with Crippen molar-refractivity contribution in [2.24, 2.45) is 0 Å². The van der Waals surface area contributed by atoms with E-state index in [4.69, 9.17) is 4.42 Å². The van der Waals surface area contributed by atoms with Crippen molar-refractivity contribution in [3.05, 3.63) is 90.4 Å². The predicted molar refractivity (Wildman–Crippen MR) is 109 cm³/mol. The molecule has 0 spiro atoms. The second-order valence-electron chi connectivity index (χ2n) is 6.50. The van der Waals surface area contributed by atoms with E-state index in [9.17, 15) is 4.79 Å². The van der Waals surface area contributed by atoms with Crippen molar-refractivity contribution in [1.29, 1.82) is 0 Å². The molecule has 0 aliphatic rings. The molecule has 0 aliphatic heterocycles. The maximum Gasteiger partial charge on any atom is 0.241 e. The summed E-state index contributed by atoms with van der Waals surface area (Å²) in [5.41, 5.74) is 2.18. The van der Waals surface area contributed by atoms with Gasteiger partial charge in [-0.1, -0.05) is 55.5 Å². The minimum absolute atomic E-state index is 0.0764. The average Bonchev–Trinajstić information content (AvgIpc) is 3.24. The van der Waals surface area contributed by atoms with Gasteiger partial charge in [0.25, 0.3) is 0 Å². The minimum atomic E-state index is 0.0764. The molecule has 0 atom stereocenters. The Balaban J connectivity index is 1.66. The van der Waals surface area contributed by atoms with Crippen molar-refractivity contribution in [3.8, 4) is 0 Å². The number of anilines is 1. The topological polar surface area (TPSA) is 36.7 Å². The van der Waals surface area contributed by atoms with Gasteiger partial charge in [-0.2, -0.15) is 0 Å². The van der Waals surface area contributed by atoms with Gasteiger partial charge in [-0.05, 0) is 42.8 Å². The number of carbonyl (C=O) groups excluding carboxylic acids is 1. The molecule has 0 bridgehead atoms. The van der Waals surface area contributed by atoms with Crippen LogP contribution in [0.5, 0.6) is 0 Å². The van der Waals surface area contributed by atoms with Crippen LogP contribution >= 0.6 is 0 Å². The quantitative estimate of drug-likeness (QED) is 0.567. The van der Waals surface area contributed by atoms with E-state index in [0.717, 1.165) is 31.0 Å². The van der Waals surface area contributed by atoms with Gasteiger partial charge >= 0.3 is 0 Å². The molecular weight excluding hydrogens is 336 g/mol. The molecule has 140 valence electrons. The molecule has 1 heterocycles. The lowest BCUT2D eigenvalue weighted by Crippen LogP contribution is -2.40. The van der Waals surface area contributed by atoms with Gasteiger partial charge in [0.1, 0.15) is 5.76 Å². The maximum atomic E-state index is 13.1. The highest BCUT2D eigenvalue weighted by atomic mass is 16.3. The molecule has 0 aliphatic carbocycles. The predicted octanol–water partition coefficient (Wildman–Crippen LogP) is 4.38. The summed E-state index contributed by atoms with van der Waals surface area (Å²) in [5.74, 6) is 0.854. The Morgan fingerprint density at radius 1 is 0.926 bits per heavy atom. The Morgan fingerprint density at radius 2 is 1.63 bits per heavy atom. The van der Waals surface area contributed by atoms with Crippen LogP contribution in [0.2, 0.25) is 0 Å². The molecule has 0 fully saturated rings. The van der Waals surface area contributed by atoms with Crippen LogP contribution in [0.4, 0.5) is 5.69 Å². The van der Waals surface area contributed by atoms with Crippen LogP contribution in [0, 0.1) is 0 Å². The van der Waals surface area contributed by atoms with Gasteiger partial charge in [-0.3, -0.25) is 9.69 Å². The highest BCUT2D eigenvalue weighted by molar-refractivity contribution is 5.94. The fraction of sp³-hybridized carbons (Fsp3) is 0.261. The molecule has 2 aromatic carbocycles. The van der Waals surface area contributed by atoms with E-state index in [-0.39, 0.29) is 5.91 Å². The average molecular weight is 362 g/mol. The first kappa shape index (κ1) is 18.9. The minimum Gasteiger partial charge on any atom is -0.467 e. The smallest absolute Gasteiger partial charge is 0.241 e. The summed E-state index contributed by atoms with van der Waals surface area (Å²) in [4.78, 5) is 17.1. The fourth-order valence-corrected chi connectivity index (χ4v) is 3.05. The third-order valence-corrected chi connectivity index (χ3v) is 4.63. The summed E-state index contributed by atoms with van der Waals surface area (Å²) in [6.45, 7) is 4.61. The van der Waals surface area contributed by atoms with Gasteiger partial charge in [-0.25, -0.2) is 0 Å². The summed E-state index contributed by atoms with van der Waals surface area (Å²) >= 11 is 0. The number of hydrogen-bond acceptors (Lipinski definition) is 3. The number of nitrogens with zero attached hydrogens (tertiary/aromatic N) is 2. The van der Waals surface area contributed by atoms with Crippen LogP contribution < -0.4 is 4.90 Å². The summed E-state index contributed by atoms with van der Waals surface area (Å²) in [5, 5.41) is 0. The normalized spacial score (nSPS) is 10.9. The number of para-hydroxylation sites is 1. The Hall–Kier alpha value is -2.85. The van der Waals surface area contributed by atoms with Gasteiger partial charge in [0.05, 0.1) is 19.4 Å². The Morgan fingerprint density at radius 3 is 2.26 bits per heavy atom. The summed E-state index contributed by atoms with van der Waals surface area (Å²) in [6, 6.07) is 23.9. The molecule has 4 nitrogen and oxygen atoms in total. The molecule has 0 saturated heterocycles. The number of likely N-dealkylation sites (N-methyl/N-ethyl adjacent to an activating group) is 1. The zero-order valence-electron chi connectivity index (χ0n) is 15.8. The maximum absolute atomic E-state index is 13.1. The standard InChI is InChI=1S/C23H26N2O2/c1-2-24(16-15-20-10-5-3-6-11-20)19-23(26)25(18-22-14-9-17-27-22)21-12-7-4-8-13-21/h3-14,17H,2,15-16,18-19H2,1H3. The van der Waals surface area contributed by atoms with E-state index in [0.29, 0.717) is 13.1 Å². The first-order valence-corrected chi connectivity index (χ1v) is 9.40. The van der Waals surface area contributed by atoms with Crippen molar-refractivity contribution in [2.45, 2.75) is 19.9 Å². The van der Waals surface area contributed by atoms with Crippen molar-refractivity contribution in [1.82, 2.24) is 4.90 Å². The van der Waals surface area contributed by atoms with Crippen LogP contribution in [0.25, 0.3) is 0 Å². The van der Waals surface area contributed by atoms with Crippen LogP contribution in [0.1, 0.15) is 18.2 Å². The van der Waals surface area contributed by atoms with Crippen molar-refractivity contribution < 1.29 is 9.21 Å². The number of hydrogen-bond donors (Lipinski definition) is 0. The molecule has 1 amide bonds. The van der Waals surface area contributed by atoms with Gasteiger partial charge in [-0.15, -0.1) is 0 Å². The van der Waals surface area contributed by atoms with Crippen LogP contribution in [0.15, 0.2) is 83.5 Å². The molecule has 0 radical (unpaired) electrons. The molecule has 0 N–H and O–H groups in total. The monoisotopic (exact) mass is 362 g/mol. The first-order valence-electron chi connectivity index (χ1n) is 9.40. The van der Waals surface area contributed by atoms with Crippen LogP contribution in [-0.4, -0.2) is 30.4 Å². The summed E-state index contributed by atoms with van der Waals surface area (Å²) in [6.07, 6.45) is 2.58. The molecule has 0 saturated carbocycles. The molecule has 3 aromatic rings. The van der Waals surface area contributed by atoms with Crippen molar-refractivity contribution in [2.75, 3.05) is 24.5 Å². The Labute approximate surface area is 161 Å². The van der Waals surface area contributed by atoms with Gasteiger partial charge in [0.2, 0.25) is 5.91 Å². The number of benzene rings is 2. The highest BCUT2D eigenvalue weighted by Gasteiger charge is 2.19. The number of rotatable bonds is 9. The van der Waals surface area contributed by atoms with Crippen molar-refractivity contribution in [3.63, 3.8) is 0 Å². The van der Waals surface area contributed by atoms with Gasteiger partial charge < -0.3 is 9.32 Å². The highest BCUT2D eigenvalue weighted by Crippen LogP contribution is 2.18. The fourth-order valence-electron chi connectivity index (χ4n) is 3.05. The Bertz CT molecular complexity index is 801. The van der Waals surface area contributed by atoms with E-state index in [2.05, 4.69) is 36.1 Å². The summed E-state index contributed by atoms with van der Waals surface area (Å²) in [7, 11) is 0. The van der Waals surface area contributed by atoms with E-state index in [1.807, 2.05) is 48.5 Å². The lowest BCUT2D eigenvalue weighted by Gasteiger charge is -2.26. The zero-order valence-corrected chi connectivity index (χ0v) is 15.8. The van der Waals surface area contributed by atoms with Crippen LogP contribution in [0.3, 0.4) is 0 Å². The molecule has 1 aromatic heterocycles. The second-order valence-corrected chi connectivity index (χ2v) is 6.50. The first-order chi connectivity index (χ1) is 13.3. The van der Waals surface area contributed by atoms with Gasteiger partial charge in [0, 0.05) is 12.2 Å². The molecular formula is C23H26N2O2. The third-order valence-electron chi connectivity index (χ3n) is 4.63. The number of furan rings is 1. The summed E-state index contributed by atoms with van der Waals surface area (Å²) < 4.78 is 5.46. The number of amides is 1. The molecule has 0 unspecified atom stereocenters. The lowest BCUT2D eigenvalue weighted by atomic mass is 10.1.